The van der Waals surface area contributed by atoms with E-state index in [1.54, 1.807) is 0 Å². The van der Waals surface area contributed by atoms with Gasteiger partial charge in [-0.1, -0.05) is 12.8 Å². The highest BCUT2D eigenvalue weighted by atomic mass is 32.2. The van der Waals surface area contributed by atoms with E-state index in [2.05, 4.69) is 9.44 Å². The summed E-state index contributed by atoms with van der Waals surface area (Å²) < 4.78 is 32.6. The van der Waals surface area contributed by atoms with E-state index in [0.29, 0.717) is 19.4 Å². The number of aliphatic hydroxyl groups is 1. The van der Waals surface area contributed by atoms with Crippen LogP contribution in [0.4, 0.5) is 0 Å². The summed E-state index contributed by atoms with van der Waals surface area (Å²) in [4.78, 5) is 0. The van der Waals surface area contributed by atoms with Crippen molar-refractivity contribution in [3.63, 3.8) is 0 Å². The summed E-state index contributed by atoms with van der Waals surface area (Å²) >= 11 is 0. The van der Waals surface area contributed by atoms with Gasteiger partial charge >= 0.3 is 0 Å². The summed E-state index contributed by atoms with van der Waals surface area (Å²) in [6.45, 7) is 0.558. The van der Waals surface area contributed by atoms with Crippen molar-refractivity contribution < 1.29 is 18.3 Å². The molecule has 1 rings (SSSR count). The van der Waals surface area contributed by atoms with Crippen LogP contribution in [0, 0.1) is 0 Å². The van der Waals surface area contributed by atoms with Gasteiger partial charge in [-0.05, 0) is 12.8 Å². The third kappa shape index (κ3) is 4.75. The van der Waals surface area contributed by atoms with Gasteiger partial charge in [-0.25, -0.2) is 0 Å². The van der Waals surface area contributed by atoms with Crippen molar-refractivity contribution in [1.82, 2.24) is 9.44 Å². The summed E-state index contributed by atoms with van der Waals surface area (Å²) in [5, 5.41) is 9.62. The summed E-state index contributed by atoms with van der Waals surface area (Å²) in [7, 11) is -2.02. The van der Waals surface area contributed by atoms with Crippen LogP contribution in [0.25, 0.3) is 0 Å². The van der Waals surface area contributed by atoms with Crippen LogP contribution in [0.2, 0.25) is 0 Å². The highest BCUT2D eigenvalue weighted by molar-refractivity contribution is 7.87. The van der Waals surface area contributed by atoms with Gasteiger partial charge in [-0.3, -0.25) is 0 Å². The van der Waals surface area contributed by atoms with Crippen LogP contribution in [0.15, 0.2) is 0 Å². The van der Waals surface area contributed by atoms with Gasteiger partial charge in [-0.15, -0.1) is 0 Å². The minimum atomic E-state index is -3.53. The normalized spacial score (nSPS) is 26.9. The molecule has 6 nitrogen and oxygen atoms in total. The molecule has 3 N–H and O–H groups in total. The zero-order chi connectivity index (χ0) is 12.0. The van der Waals surface area contributed by atoms with Gasteiger partial charge in [0.15, 0.2) is 0 Å². The van der Waals surface area contributed by atoms with Crippen molar-refractivity contribution >= 4 is 10.2 Å². The lowest BCUT2D eigenvalue weighted by Gasteiger charge is -2.28. The number of methoxy groups -OCH3 is 1. The molecular formula is C9H20N2O4S. The Labute approximate surface area is 96.6 Å². The van der Waals surface area contributed by atoms with Gasteiger partial charge < -0.3 is 9.84 Å². The largest absolute Gasteiger partial charge is 0.391 e. The fourth-order valence-corrected chi connectivity index (χ4v) is 2.88. The first-order valence-electron chi connectivity index (χ1n) is 5.49. The van der Waals surface area contributed by atoms with Crippen LogP contribution in [0.1, 0.15) is 25.7 Å². The highest BCUT2D eigenvalue weighted by Gasteiger charge is 2.26. The third-order valence-electron chi connectivity index (χ3n) is 2.63. The maximum atomic E-state index is 11.5. The lowest BCUT2D eigenvalue weighted by Crippen LogP contribution is -2.49. The van der Waals surface area contributed by atoms with E-state index in [9.17, 15) is 13.5 Å². The zero-order valence-corrected chi connectivity index (χ0v) is 10.3. The number of rotatable bonds is 6. The maximum absolute atomic E-state index is 11.5. The standard InChI is InChI=1S/C9H20N2O4S/c1-15-7-6-10-16(13,14)11-8-4-2-3-5-9(8)12/h8-12H,2-7H2,1H3/t8-,9-/m1/s1. The van der Waals surface area contributed by atoms with Crippen LogP contribution in [-0.4, -0.2) is 45.9 Å². The summed E-state index contributed by atoms with van der Waals surface area (Å²) in [5.74, 6) is 0. The minimum Gasteiger partial charge on any atom is -0.391 e. The van der Waals surface area contributed by atoms with Gasteiger partial charge in [0.2, 0.25) is 0 Å². The molecule has 0 aromatic carbocycles. The Bertz CT molecular complexity index is 294. The molecule has 0 aromatic rings. The first-order valence-corrected chi connectivity index (χ1v) is 6.97. The molecule has 0 heterocycles. The molecule has 1 aliphatic rings. The smallest absolute Gasteiger partial charge is 0.277 e. The average Bonchev–Trinajstić information content (AvgIpc) is 2.21. The second kappa shape index (κ2) is 6.51. The Morgan fingerprint density at radius 3 is 2.69 bits per heavy atom. The summed E-state index contributed by atoms with van der Waals surface area (Å²) in [5.41, 5.74) is 0. The highest BCUT2D eigenvalue weighted by Crippen LogP contribution is 2.18. The van der Waals surface area contributed by atoms with Gasteiger partial charge in [0, 0.05) is 19.7 Å². The van der Waals surface area contributed by atoms with Crippen LogP contribution in [-0.2, 0) is 14.9 Å². The molecule has 0 saturated heterocycles. The predicted molar refractivity (Wildman–Crippen MR) is 60.2 cm³/mol. The molecule has 96 valence electrons. The molecule has 0 radical (unpaired) electrons. The first-order chi connectivity index (χ1) is 7.55. The van der Waals surface area contributed by atoms with Crippen LogP contribution >= 0.6 is 0 Å². The number of hydrogen-bond acceptors (Lipinski definition) is 4. The lowest BCUT2D eigenvalue weighted by molar-refractivity contribution is 0.101. The van der Waals surface area contributed by atoms with Crippen molar-refractivity contribution in [3.8, 4) is 0 Å². The van der Waals surface area contributed by atoms with Crippen molar-refractivity contribution in [2.24, 2.45) is 0 Å². The zero-order valence-electron chi connectivity index (χ0n) is 9.48. The van der Waals surface area contributed by atoms with Crippen LogP contribution < -0.4 is 9.44 Å². The number of nitrogens with one attached hydrogen (secondary N) is 2. The molecule has 0 aromatic heterocycles. The summed E-state index contributed by atoms with van der Waals surface area (Å²) in [6, 6.07) is -0.367. The maximum Gasteiger partial charge on any atom is 0.277 e. The molecule has 0 aliphatic heterocycles. The molecule has 0 unspecified atom stereocenters. The summed E-state index contributed by atoms with van der Waals surface area (Å²) in [6.07, 6.45) is 2.67. The second-order valence-electron chi connectivity index (χ2n) is 3.97. The molecule has 1 aliphatic carbocycles. The molecule has 0 bridgehead atoms. The topological polar surface area (TPSA) is 87.7 Å². The lowest BCUT2D eigenvalue weighted by atomic mass is 9.93. The molecule has 0 spiro atoms. The molecule has 0 amide bonds. The van der Waals surface area contributed by atoms with Crippen LogP contribution in [0.5, 0.6) is 0 Å². The Balaban J connectivity index is 2.38. The van der Waals surface area contributed by atoms with E-state index >= 15 is 0 Å². The van der Waals surface area contributed by atoms with E-state index in [4.69, 9.17) is 4.74 Å². The SMILES string of the molecule is COCCNS(=O)(=O)N[C@@H]1CCCC[C@H]1O. The molecular weight excluding hydrogens is 232 g/mol. The molecule has 2 atom stereocenters. The predicted octanol–water partition coefficient (Wildman–Crippen LogP) is -0.640. The molecule has 1 saturated carbocycles. The number of aliphatic hydroxyl groups excluding tert-OH is 1. The van der Waals surface area contributed by atoms with E-state index in [0.717, 1.165) is 12.8 Å². The van der Waals surface area contributed by atoms with Gasteiger partial charge in [0.05, 0.1) is 12.7 Å². The van der Waals surface area contributed by atoms with Crippen molar-refractivity contribution in [3.05, 3.63) is 0 Å². The molecule has 7 heteroatoms. The van der Waals surface area contributed by atoms with Gasteiger partial charge in [0.25, 0.3) is 10.2 Å². The number of ether oxygens (including phenoxy) is 1. The van der Waals surface area contributed by atoms with Gasteiger partial charge in [-0.2, -0.15) is 17.9 Å². The second-order valence-corrected chi connectivity index (χ2v) is 5.50. The van der Waals surface area contributed by atoms with Crippen molar-refractivity contribution in [2.75, 3.05) is 20.3 Å². The Hall–Kier alpha value is -0.210. The molecule has 1 fully saturated rings. The van der Waals surface area contributed by atoms with E-state index in [1.165, 1.54) is 7.11 Å². The van der Waals surface area contributed by atoms with Crippen molar-refractivity contribution in [2.45, 2.75) is 37.8 Å². The van der Waals surface area contributed by atoms with Crippen molar-refractivity contribution in [1.29, 1.82) is 0 Å². The minimum absolute atomic E-state index is 0.231. The monoisotopic (exact) mass is 252 g/mol. The Morgan fingerprint density at radius 2 is 2.06 bits per heavy atom. The molecule has 16 heavy (non-hydrogen) atoms. The van der Waals surface area contributed by atoms with E-state index < -0.39 is 16.3 Å². The fraction of sp³-hybridized carbons (Fsp3) is 1.00. The van der Waals surface area contributed by atoms with Gasteiger partial charge in [0.1, 0.15) is 0 Å². The Kier molecular flexibility index (Phi) is 5.63. The Morgan fingerprint density at radius 1 is 1.38 bits per heavy atom. The number of hydrogen-bond donors (Lipinski definition) is 3. The quantitative estimate of drug-likeness (QED) is 0.549. The van der Waals surface area contributed by atoms with Crippen LogP contribution in [0.3, 0.4) is 0 Å². The average molecular weight is 252 g/mol. The van der Waals surface area contributed by atoms with E-state index in [1.807, 2.05) is 0 Å². The first kappa shape index (κ1) is 13.9. The third-order valence-corrected chi connectivity index (χ3v) is 3.83. The van der Waals surface area contributed by atoms with E-state index in [-0.39, 0.29) is 12.6 Å². The fourth-order valence-electron chi connectivity index (χ4n) is 1.77.